The van der Waals surface area contributed by atoms with E-state index in [-0.39, 0.29) is 29.2 Å². The van der Waals surface area contributed by atoms with Crippen LogP contribution >= 0.6 is 0 Å². The summed E-state index contributed by atoms with van der Waals surface area (Å²) in [7, 11) is -3.18. The van der Waals surface area contributed by atoms with Crippen molar-refractivity contribution in [2.24, 2.45) is 0 Å². The van der Waals surface area contributed by atoms with Crippen molar-refractivity contribution in [3.05, 3.63) is 29.6 Å². The smallest absolute Gasteiger partial charge is 0.163 e. The number of nitrogens with two attached hydrogens (primary N) is 1. The van der Waals surface area contributed by atoms with Gasteiger partial charge in [-0.2, -0.15) is 0 Å². The van der Waals surface area contributed by atoms with Crippen LogP contribution in [0.1, 0.15) is 23.7 Å². The molecule has 0 spiro atoms. The molecule has 4 nitrogen and oxygen atoms in total. The molecule has 0 radical (unpaired) electrons. The highest BCUT2D eigenvalue weighted by Gasteiger charge is 2.13. The average Bonchev–Trinajstić information content (AvgIpc) is 2.30. The first-order valence-corrected chi connectivity index (χ1v) is 6.96. The summed E-state index contributed by atoms with van der Waals surface area (Å²) in [6.07, 6.45) is -0.139. The fraction of sp³-hybridized carbons (Fsp3) is 0.364. The Labute approximate surface area is 99.5 Å². The normalized spacial score (nSPS) is 11.4. The Balaban J connectivity index is 2.74. The van der Waals surface area contributed by atoms with E-state index < -0.39 is 21.4 Å². The molecule has 2 N–H and O–H groups in total. The van der Waals surface area contributed by atoms with Gasteiger partial charge in [-0.25, -0.2) is 12.8 Å². The van der Waals surface area contributed by atoms with Gasteiger partial charge in [0.1, 0.15) is 15.7 Å². The largest absolute Gasteiger partial charge is 0.396 e. The number of ketones is 1. The van der Waals surface area contributed by atoms with E-state index in [4.69, 9.17) is 5.73 Å². The number of hydrogen-bond donors (Lipinski definition) is 1. The maximum atomic E-state index is 13.1. The van der Waals surface area contributed by atoms with Crippen molar-refractivity contribution in [1.29, 1.82) is 0 Å². The lowest BCUT2D eigenvalue weighted by molar-refractivity contribution is 0.0988. The van der Waals surface area contributed by atoms with Crippen molar-refractivity contribution in [2.75, 3.05) is 17.2 Å². The fourth-order valence-electron chi connectivity index (χ4n) is 1.24. The van der Waals surface area contributed by atoms with Gasteiger partial charge >= 0.3 is 0 Å². The second kappa shape index (κ2) is 5.27. The molecule has 1 aromatic carbocycles. The maximum Gasteiger partial charge on any atom is 0.163 e. The molecule has 0 bridgehead atoms. The molecule has 0 aliphatic rings. The van der Waals surface area contributed by atoms with Crippen LogP contribution in [0.5, 0.6) is 0 Å². The van der Waals surface area contributed by atoms with Gasteiger partial charge in [-0.1, -0.05) is 6.92 Å². The van der Waals surface area contributed by atoms with Gasteiger partial charge in [0.25, 0.3) is 0 Å². The first kappa shape index (κ1) is 13.6. The molecule has 6 heteroatoms. The van der Waals surface area contributed by atoms with Crippen molar-refractivity contribution in [3.63, 3.8) is 0 Å². The van der Waals surface area contributed by atoms with Crippen molar-refractivity contribution >= 4 is 21.3 Å². The Kier molecular flexibility index (Phi) is 4.22. The summed E-state index contributed by atoms with van der Waals surface area (Å²) in [6.45, 7) is 1.52. The van der Waals surface area contributed by atoms with E-state index in [0.717, 1.165) is 6.07 Å². The molecule has 0 aliphatic carbocycles. The Bertz CT molecular complexity index is 526. The Morgan fingerprint density at radius 2 is 2.06 bits per heavy atom. The summed E-state index contributed by atoms with van der Waals surface area (Å²) in [5.74, 6) is -1.29. The van der Waals surface area contributed by atoms with Crippen LogP contribution in [0.2, 0.25) is 0 Å². The van der Waals surface area contributed by atoms with E-state index >= 15 is 0 Å². The van der Waals surface area contributed by atoms with Crippen LogP contribution < -0.4 is 5.73 Å². The summed E-state index contributed by atoms with van der Waals surface area (Å²) < 4.78 is 35.5. The number of benzene rings is 1. The number of halogens is 1. The van der Waals surface area contributed by atoms with Gasteiger partial charge < -0.3 is 5.73 Å². The number of carbonyl (C=O) groups excluding carboxylic acids is 1. The molecule has 94 valence electrons. The summed E-state index contributed by atoms with van der Waals surface area (Å²) in [6, 6.07) is 3.70. The Morgan fingerprint density at radius 3 is 2.59 bits per heavy atom. The number of carbonyl (C=O) groups is 1. The first-order chi connectivity index (χ1) is 7.85. The fourth-order valence-corrected chi connectivity index (χ4v) is 2.02. The minimum Gasteiger partial charge on any atom is -0.396 e. The molecule has 0 aromatic heterocycles. The molecule has 0 unspecified atom stereocenters. The lowest BCUT2D eigenvalue weighted by atomic mass is 10.1. The summed E-state index contributed by atoms with van der Waals surface area (Å²) >= 11 is 0. The van der Waals surface area contributed by atoms with E-state index in [0.29, 0.717) is 0 Å². The summed E-state index contributed by atoms with van der Waals surface area (Å²) in [5.41, 5.74) is 5.37. The number of Topliss-reactive ketones (excluding diaryl/α,β-unsaturated/α-hetero) is 1. The van der Waals surface area contributed by atoms with Crippen molar-refractivity contribution < 1.29 is 17.6 Å². The molecule has 0 saturated carbocycles. The van der Waals surface area contributed by atoms with E-state index in [1.54, 1.807) is 0 Å². The molecule has 0 heterocycles. The van der Waals surface area contributed by atoms with Gasteiger partial charge in [0.2, 0.25) is 0 Å². The molecule has 0 fully saturated rings. The van der Waals surface area contributed by atoms with Crippen LogP contribution in [-0.4, -0.2) is 25.7 Å². The summed E-state index contributed by atoms with van der Waals surface area (Å²) in [5, 5.41) is 0. The number of sulfone groups is 1. The maximum absolute atomic E-state index is 13.1. The minimum absolute atomic E-state index is 0.00359. The molecular formula is C11H14FNO3S. The molecule has 0 saturated heterocycles. The predicted molar refractivity (Wildman–Crippen MR) is 64.1 cm³/mol. The van der Waals surface area contributed by atoms with Gasteiger partial charge in [-0.3, -0.25) is 4.79 Å². The lowest BCUT2D eigenvalue weighted by Gasteiger charge is -2.03. The SMILES string of the molecule is CCS(=O)(=O)CCC(=O)c1ccc(N)c(F)c1. The first-order valence-electron chi connectivity index (χ1n) is 5.14. The second-order valence-electron chi connectivity index (χ2n) is 3.65. The van der Waals surface area contributed by atoms with Crippen LogP contribution in [0.4, 0.5) is 10.1 Å². The average molecular weight is 259 g/mol. The third kappa shape index (κ3) is 3.81. The quantitative estimate of drug-likeness (QED) is 0.640. The molecular weight excluding hydrogens is 245 g/mol. The van der Waals surface area contributed by atoms with Gasteiger partial charge in [-0.15, -0.1) is 0 Å². The Morgan fingerprint density at radius 1 is 1.41 bits per heavy atom. The molecule has 0 atom stereocenters. The number of rotatable bonds is 5. The number of hydrogen-bond acceptors (Lipinski definition) is 4. The molecule has 0 aliphatic heterocycles. The third-order valence-electron chi connectivity index (χ3n) is 2.40. The molecule has 1 rings (SSSR count). The molecule has 17 heavy (non-hydrogen) atoms. The second-order valence-corrected chi connectivity index (χ2v) is 6.12. The zero-order valence-corrected chi connectivity index (χ0v) is 10.3. The predicted octanol–water partition coefficient (Wildman–Crippen LogP) is 1.42. The van der Waals surface area contributed by atoms with E-state index in [9.17, 15) is 17.6 Å². The highest BCUT2D eigenvalue weighted by molar-refractivity contribution is 7.91. The van der Waals surface area contributed by atoms with Gasteiger partial charge in [0.15, 0.2) is 5.78 Å². The van der Waals surface area contributed by atoms with Crippen molar-refractivity contribution in [1.82, 2.24) is 0 Å². The van der Waals surface area contributed by atoms with Crippen LogP contribution in [-0.2, 0) is 9.84 Å². The lowest BCUT2D eigenvalue weighted by Crippen LogP contribution is -2.13. The van der Waals surface area contributed by atoms with Crippen molar-refractivity contribution in [2.45, 2.75) is 13.3 Å². The van der Waals surface area contributed by atoms with E-state index in [1.807, 2.05) is 0 Å². The van der Waals surface area contributed by atoms with E-state index in [2.05, 4.69) is 0 Å². The zero-order valence-electron chi connectivity index (χ0n) is 9.44. The number of nitrogen functional groups attached to an aromatic ring is 1. The third-order valence-corrected chi connectivity index (χ3v) is 4.11. The van der Waals surface area contributed by atoms with Crippen molar-refractivity contribution in [3.8, 4) is 0 Å². The van der Waals surface area contributed by atoms with E-state index in [1.165, 1.54) is 19.1 Å². The summed E-state index contributed by atoms with van der Waals surface area (Å²) in [4.78, 5) is 11.6. The topological polar surface area (TPSA) is 77.2 Å². The highest BCUT2D eigenvalue weighted by atomic mass is 32.2. The highest BCUT2D eigenvalue weighted by Crippen LogP contribution is 2.13. The Hall–Kier alpha value is -1.43. The molecule has 0 amide bonds. The van der Waals surface area contributed by atoms with Crippen LogP contribution in [0.3, 0.4) is 0 Å². The van der Waals surface area contributed by atoms with Gasteiger partial charge in [0.05, 0.1) is 11.4 Å². The van der Waals surface area contributed by atoms with Gasteiger partial charge in [-0.05, 0) is 18.2 Å². The van der Waals surface area contributed by atoms with Crippen LogP contribution in [0.15, 0.2) is 18.2 Å². The van der Waals surface area contributed by atoms with Gasteiger partial charge in [0, 0.05) is 17.7 Å². The zero-order chi connectivity index (χ0) is 13.1. The monoisotopic (exact) mass is 259 g/mol. The minimum atomic E-state index is -3.18. The van der Waals surface area contributed by atoms with Crippen LogP contribution in [0.25, 0.3) is 0 Å². The standard InChI is InChI=1S/C11H14FNO3S/c1-2-17(15,16)6-5-11(14)8-3-4-10(13)9(12)7-8/h3-4,7H,2,5-6,13H2,1H3. The number of anilines is 1. The molecule has 1 aromatic rings. The van der Waals surface area contributed by atoms with Crippen LogP contribution in [0, 0.1) is 5.82 Å².